The number of nitrogens with zero attached hydrogens (tertiary/aromatic N) is 4. The molecule has 9 heteroatoms. The van der Waals surface area contributed by atoms with Crippen molar-refractivity contribution in [3.05, 3.63) is 53.6 Å². The van der Waals surface area contributed by atoms with Crippen LogP contribution in [0.2, 0.25) is 5.02 Å². The summed E-state index contributed by atoms with van der Waals surface area (Å²) in [5.41, 5.74) is 1.44. The minimum absolute atomic E-state index is 0.155. The van der Waals surface area contributed by atoms with Crippen molar-refractivity contribution >= 4 is 40.9 Å². The van der Waals surface area contributed by atoms with Gasteiger partial charge < -0.3 is 15.0 Å². The fraction of sp³-hybridized carbons (Fsp3) is 0.348. The number of carbonyl (C=O) groups excluding carboxylic acids is 1. The first kappa shape index (κ1) is 22.5. The molecule has 0 spiro atoms. The number of methoxy groups -OCH3 is 1. The number of ether oxygens (including phenoxy) is 1. The summed E-state index contributed by atoms with van der Waals surface area (Å²) in [4.78, 5) is 15.1. The number of anilines is 2. The Hall–Kier alpha value is -2.71. The lowest BCUT2D eigenvalue weighted by Crippen LogP contribution is -2.32. The summed E-state index contributed by atoms with van der Waals surface area (Å²) in [6.45, 7) is 3.71. The fourth-order valence-electron chi connectivity index (χ4n) is 3.67. The molecule has 168 valence electrons. The van der Waals surface area contributed by atoms with Crippen molar-refractivity contribution in [2.24, 2.45) is 0 Å². The lowest BCUT2D eigenvalue weighted by atomic mass is 10.1. The number of thioether (sulfide) groups is 1. The van der Waals surface area contributed by atoms with E-state index in [1.807, 2.05) is 47.9 Å². The maximum Gasteiger partial charge on any atom is 0.237 e. The average molecular weight is 472 g/mol. The summed E-state index contributed by atoms with van der Waals surface area (Å²) in [6, 6.07) is 15.0. The highest BCUT2D eigenvalue weighted by Crippen LogP contribution is 2.34. The van der Waals surface area contributed by atoms with Crippen LogP contribution in [0.1, 0.15) is 26.2 Å². The summed E-state index contributed by atoms with van der Waals surface area (Å²) in [5, 5.41) is 12.6. The molecule has 7 nitrogen and oxygen atoms in total. The first-order valence-corrected chi connectivity index (χ1v) is 11.9. The quantitative estimate of drug-likeness (QED) is 0.487. The summed E-state index contributed by atoms with van der Waals surface area (Å²) in [7, 11) is 1.65. The smallest absolute Gasteiger partial charge is 0.237 e. The second kappa shape index (κ2) is 10.3. The van der Waals surface area contributed by atoms with E-state index >= 15 is 0 Å². The van der Waals surface area contributed by atoms with Crippen molar-refractivity contribution in [3.8, 4) is 11.4 Å². The van der Waals surface area contributed by atoms with Gasteiger partial charge in [0.15, 0.2) is 5.16 Å². The first-order valence-electron chi connectivity index (χ1n) is 10.6. The SMILES string of the molecule is COc1ccccc1-n1c(SC(C)C(=O)Nc2ccccc2Cl)nnc1N1CCCCC1. The fourth-order valence-corrected chi connectivity index (χ4v) is 4.71. The molecule has 0 saturated carbocycles. The molecule has 1 atom stereocenters. The molecule has 0 bridgehead atoms. The number of hydrogen-bond donors (Lipinski definition) is 1. The number of piperidine rings is 1. The number of nitrogens with one attached hydrogen (secondary N) is 1. The molecule has 1 amide bonds. The Balaban J connectivity index is 1.64. The number of amides is 1. The number of rotatable bonds is 7. The van der Waals surface area contributed by atoms with Crippen LogP contribution in [0.4, 0.5) is 11.6 Å². The maximum absolute atomic E-state index is 12.9. The van der Waals surface area contributed by atoms with E-state index in [1.54, 1.807) is 19.2 Å². The van der Waals surface area contributed by atoms with E-state index in [9.17, 15) is 4.79 Å². The Kier molecular flexibility index (Phi) is 7.22. The molecule has 2 heterocycles. The van der Waals surface area contributed by atoms with Gasteiger partial charge in [0.2, 0.25) is 11.9 Å². The zero-order valence-electron chi connectivity index (χ0n) is 18.1. The van der Waals surface area contributed by atoms with Gasteiger partial charge >= 0.3 is 0 Å². The van der Waals surface area contributed by atoms with Crippen LogP contribution in [-0.2, 0) is 4.79 Å². The molecule has 1 aromatic heterocycles. The van der Waals surface area contributed by atoms with Gasteiger partial charge in [0, 0.05) is 13.1 Å². The summed E-state index contributed by atoms with van der Waals surface area (Å²) in [5.74, 6) is 1.34. The number of hydrogen-bond acceptors (Lipinski definition) is 6. The normalized spacial score (nSPS) is 14.8. The van der Waals surface area contributed by atoms with Crippen molar-refractivity contribution in [3.63, 3.8) is 0 Å². The second-order valence-electron chi connectivity index (χ2n) is 7.57. The molecule has 32 heavy (non-hydrogen) atoms. The molecule has 1 unspecified atom stereocenters. The van der Waals surface area contributed by atoms with Gasteiger partial charge in [-0.05, 0) is 50.5 Å². The molecular weight excluding hydrogens is 446 g/mol. The van der Waals surface area contributed by atoms with E-state index in [0.29, 0.717) is 15.9 Å². The van der Waals surface area contributed by atoms with Crippen LogP contribution in [-0.4, -0.2) is 46.1 Å². The van der Waals surface area contributed by atoms with E-state index in [0.717, 1.165) is 43.3 Å². The predicted molar refractivity (Wildman–Crippen MR) is 129 cm³/mol. The maximum atomic E-state index is 12.9. The van der Waals surface area contributed by atoms with E-state index < -0.39 is 5.25 Å². The molecule has 2 aromatic carbocycles. The van der Waals surface area contributed by atoms with E-state index in [1.165, 1.54) is 18.2 Å². The van der Waals surface area contributed by atoms with Crippen molar-refractivity contribution < 1.29 is 9.53 Å². The van der Waals surface area contributed by atoms with Gasteiger partial charge in [-0.1, -0.05) is 47.6 Å². The third-order valence-corrected chi connectivity index (χ3v) is 6.74. The van der Waals surface area contributed by atoms with Crippen molar-refractivity contribution in [1.29, 1.82) is 0 Å². The standard InChI is InChI=1S/C23H26ClN5O2S/c1-16(21(30)25-18-11-5-4-10-17(18)24)32-23-27-26-22(28-14-8-3-9-15-28)29(23)19-12-6-7-13-20(19)31-2/h4-7,10-13,16H,3,8-9,14-15H2,1-2H3,(H,25,30). The Morgan fingerprint density at radius 1 is 1.09 bits per heavy atom. The molecule has 0 aliphatic carbocycles. The lowest BCUT2D eigenvalue weighted by Gasteiger charge is -2.28. The topological polar surface area (TPSA) is 72.3 Å². The first-order chi connectivity index (χ1) is 15.6. The number of halogens is 1. The van der Waals surface area contributed by atoms with Crippen molar-refractivity contribution in [1.82, 2.24) is 14.8 Å². The van der Waals surface area contributed by atoms with Crippen LogP contribution in [0.3, 0.4) is 0 Å². The lowest BCUT2D eigenvalue weighted by molar-refractivity contribution is -0.115. The molecular formula is C23H26ClN5O2S. The predicted octanol–water partition coefficient (Wildman–Crippen LogP) is 5.04. The van der Waals surface area contributed by atoms with Crippen molar-refractivity contribution in [2.45, 2.75) is 36.6 Å². The van der Waals surface area contributed by atoms with Crippen LogP contribution >= 0.6 is 23.4 Å². The van der Waals surface area contributed by atoms with Gasteiger partial charge in [0.1, 0.15) is 5.75 Å². The van der Waals surface area contributed by atoms with Crippen LogP contribution in [0.15, 0.2) is 53.7 Å². The highest BCUT2D eigenvalue weighted by atomic mass is 35.5. The molecule has 1 aliphatic heterocycles. The van der Waals surface area contributed by atoms with Gasteiger partial charge in [-0.25, -0.2) is 0 Å². The number of para-hydroxylation sites is 3. The van der Waals surface area contributed by atoms with Crippen molar-refractivity contribution in [2.75, 3.05) is 30.4 Å². The number of aromatic nitrogens is 3. The van der Waals surface area contributed by atoms with Gasteiger partial charge in [-0.2, -0.15) is 0 Å². The van der Waals surface area contributed by atoms with E-state index in [-0.39, 0.29) is 5.91 Å². The summed E-state index contributed by atoms with van der Waals surface area (Å²) >= 11 is 7.55. The van der Waals surface area contributed by atoms with Gasteiger partial charge in [-0.3, -0.25) is 9.36 Å². The van der Waals surface area contributed by atoms with Crippen LogP contribution in [0.5, 0.6) is 5.75 Å². The zero-order chi connectivity index (χ0) is 22.5. The molecule has 1 N–H and O–H groups in total. The molecule has 3 aromatic rings. The molecule has 1 saturated heterocycles. The number of benzene rings is 2. The summed E-state index contributed by atoms with van der Waals surface area (Å²) in [6.07, 6.45) is 3.47. The number of carbonyl (C=O) groups is 1. The van der Waals surface area contributed by atoms with Gasteiger partial charge in [0.05, 0.1) is 28.8 Å². The molecule has 0 radical (unpaired) electrons. The highest BCUT2D eigenvalue weighted by Gasteiger charge is 2.26. The average Bonchev–Trinajstić information content (AvgIpc) is 3.24. The Bertz CT molecular complexity index is 1080. The Labute approximate surface area is 197 Å². The summed E-state index contributed by atoms with van der Waals surface area (Å²) < 4.78 is 7.61. The van der Waals surface area contributed by atoms with Gasteiger partial charge in [0.25, 0.3) is 0 Å². The van der Waals surface area contributed by atoms with E-state index in [4.69, 9.17) is 16.3 Å². The third kappa shape index (κ3) is 4.86. The minimum atomic E-state index is -0.418. The minimum Gasteiger partial charge on any atom is -0.495 e. The molecule has 1 aliphatic rings. The zero-order valence-corrected chi connectivity index (χ0v) is 19.7. The third-order valence-electron chi connectivity index (χ3n) is 5.36. The molecule has 1 fully saturated rings. The molecule has 4 rings (SSSR count). The Morgan fingerprint density at radius 2 is 1.81 bits per heavy atom. The Morgan fingerprint density at radius 3 is 2.56 bits per heavy atom. The van der Waals surface area contributed by atoms with E-state index in [2.05, 4.69) is 20.4 Å². The largest absolute Gasteiger partial charge is 0.495 e. The highest BCUT2D eigenvalue weighted by molar-refractivity contribution is 8.00. The van der Waals surface area contributed by atoms with Crippen LogP contribution in [0, 0.1) is 0 Å². The van der Waals surface area contributed by atoms with Crippen LogP contribution < -0.4 is 15.0 Å². The second-order valence-corrected chi connectivity index (χ2v) is 9.28. The van der Waals surface area contributed by atoms with Gasteiger partial charge in [-0.15, -0.1) is 10.2 Å². The van der Waals surface area contributed by atoms with Crippen LogP contribution in [0.25, 0.3) is 5.69 Å². The monoisotopic (exact) mass is 471 g/mol.